The van der Waals surface area contributed by atoms with E-state index in [9.17, 15) is 0 Å². The molecular formula is C15H21BrN2S. The molecule has 1 aromatic rings. The first-order chi connectivity index (χ1) is 9.06. The minimum Gasteiger partial charge on any atom is -0.349 e. The molecule has 104 valence electrons. The Bertz CT molecular complexity index is 442. The molecule has 1 aromatic carbocycles. The van der Waals surface area contributed by atoms with Crippen LogP contribution in [0.3, 0.4) is 0 Å². The van der Waals surface area contributed by atoms with Crippen molar-refractivity contribution in [2.75, 3.05) is 12.4 Å². The zero-order valence-electron chi connectivity index (χ0n) is 11.5. The summed E-state index contributed by atoms with van der Waals surface area (Å²) >= 11 is 8.99. The van der Waals surface area contributed by atoms with E-state index < -0.39 is 0 Å². The van der Waals surface area contributed by atoms with Crippen LogP contribution >= 0.6 is 28.1 Å². The van der Waals surface area contributed by atoms with Crippen molar-refractivity contribution in [1.29, 1.82) is 0 Å². The molecule has 1 aliphatic rings. The fourth-order valence-corrected chi connectivity index (χ4v) is 3.24. The van der Waals surface area contributed by atoms with Crippen molar-refractivity contribution in [2.45, 2.75) is 38.6 Å². The van der Waals surface area contributed by atoms with Gasteiger partial charge in [0.05, 0.1) is 0 Å². The average Bonchev–Trinajstić information content (AvgIpc) is 2.39. The first-order valence-electron chi connectivity index (χ1n) is 6.85. The summed E-state index contributed by atoms with van der Waals surface area (Å²) < 4.78 is 1.06. The van der Waals surface area contributed by atoms with E-state index in [0.29, 0.717) is 6.04 Å². The van der Waals surface area contributed by atoms with Gasteiger partial charge in [0.15, 0.2) is 5.11 Å². The van der Waals surface area contributed by atoms with Crippen molar-refractivity contribution in [1.82, 2.24) is 4.90 Å². The summed E-state index contributed by atoms with van der Waals surface area (Å²) in [6.07, 6.45) is 5.12. The molecule has 0 amide bonds. The second-order valence-electron chi connectivity index (χ2n) is 5.47. The van der Waals surface area contributed by atoms with Crippen molar-refractivity contribution in [2.24, 2.45) is 5.92 Å². The van der Waals surface area contributed by atoms with Gasteiger partial charge in [-0.2, -0.15) is 0 Å². The predicted octanol–water partition coefficient (Wildman–Crippen LogP) is 4.66. The average molecular weight is 341 g/mol. The Kier molecular flexibility index (Phi) is 5.22. The molecule has 0 saturated heterocycles. The molecular weight excluding hydrogens is 320 g/mol. The number of rotatable bonds is 2. The highest BCUT2D eigenvalue weighted by atomic mass is 79.9. The molecule has 0 heterocycles. The highest BCUT2D eigenvalue weighted by Crippen LogP contribution is 2.27. The van der Waals surface area contributed by atoms with E-state index in [4.69, 9.17) is 12.2 Å². The lowest BCUT2D eigenvalue weighted by molar-refractivity contribution is 0.241. The van der Waals surface area contributed by atoms with Crippen molar-refractivity contribution < 1.29 is 0 Å². The zero-order valence-corrected chi connectivity index (χ0v) is 13.9. The minimum atomic E-state index is 0.586. The Morgan fingerprint density at radius 1 is 1.32 bits per heavy atom. The lowest BCUT2D eigenvalue weighted by Crippen LogP contribution is -2.41. The molecule has 0 atom stereocenters. The van der Waals surface area contributed by atoms with Gasteiger partial charge in [-0.05, 0) is 62.0 Å². The number of nitrogens with one attached hydrogen (secondary N) is 1. The summed E-state index contributed by atoms with van der Waals surface area (Å²) in [5.74, 6) is 0.872. The quantitative estimate of drug-likeness (QED) is 0.788. The van der Waals surface area contributed by atoms with Gasteiger partial charge in [-0.1, -0.05) is 28.9 Å². The Hall–Kier alpha value is -0.610. The molecule has 1 fully saturated rings. The summed E-state index contributed by atoms with van der Waals surface area (Å²) in [5.41, 5.74) is 1.04. The molecule has 2 nitrogen and oxygen atoms in total. The summed E-state index contributed by atoms with van der Waals surface area (Å²) in [7, 11) is 2.11. The smallest absolute Gasteiger partial charge is 0.173 e. The van der Waals surface area contributed by atoms with Gasteiger partial charge in [-0.15, -0.1) is 0 Å². The number of hydrogen-bond acceptors (Lipinski definition) is 1. The van der Waals surface area contributed by atoms with Crippen LogP contribution in [0.1, 0.15) is 32.6 Å². The van der Waals surface area contributed by atoms with Crippen LogP contribution in [0.25, 0.3) is 0 Å². The Morgan fingerprint density at radius 2 is 2.00 bits per heavy atom. The summed E-state index contributed by atoms with van der Waals surface area (Å²) in [6, 6.07) is 8.69. The van der Waals surface area contributed by atoms with Crippen LogP contribution in [0.4, 0.5) is 5.69 Å². The number of nitrogens with zero attached hydrogens (tertiary/aromatic N) is 1. The van der Waals surface area contributed by atoms with E-state index >= 15 is 0 Å². The maximum absolute atomic E-state index is 5.51. The molecule has 0 aromatic heterocycles. The molecule has 2 rings (SSSR count). The van der Waals surface area contributed by atoms with Crippen molar-refractivity contribution in [3.05, 3.63) is 28.7 Å². The van der Waals surface area contributed by atoms with Crippen LogP contribution in [0.15, 0.2) is 28.7 Å². The SMILES string of the molecule is CC1CCC(N(C)C(=S)Nc2cccc(Br)c2)CC1. The van der Waals surface area contributed by atoms with Crippen molar-refractivity contribution in [3.8, 4) is 0 Å². The fourth-order valence-electron chi connectivity index (χ4n) is 2.57. The molecule has 1 saturated carbocycles. The van der Waals surface area contributed by atoms with Crippen molar-refractivity contribution >= 4 is 38.9 Å². The predicted molar refractivity (Wildman–Crippen MR) is 89.5 cm³/mol. The standard InChI is InChI=1S/C15H21BrN2S/c1-11-6-8-14(9-7-11)18(2)15(19)17-13-5-3-4-12(16)10-13/h3-5,10-11,14H,6-9H2,1-2H3,(H,17,19). The molecule has 4 heteroatoms. The molecule has 0 bridgehead atoms. The number of anilines is 1. The third-order valence-electron chi connectivity index (χ3n) is 3.93. The Balaban J connectivity index is 1.92. The second-order valence-corrected chi connectivity index (χ2v) is 6.77. The van der Waals surface area contributed by atoms with E-state index in [1.807, 2.05) is 24.3 Å². The Labute approximate surface area is 129 Å². The van der Waals surface area contributed by atoms with Gasteiger partial charge in [0.2, 0.25) is 0 Å². The number of thiocarbonyl (C=S) groups is 1. The largest absolute Gasteiger partial charge is 0.349 e. The highest BCUT2D eigenvalue weighted by molar-refractivity contribution is 9.10. The van der Waals surface area contributed by atoms with Gasteiger partial charge in [0, 0.05) is 23.2 Å². The first kappa shape index (κ1) is 14.8. The zero-order chi connectivity index (χ0) is 13.8. The van der Waals surface area contributed by atoms with Crippen LogP contribution in [0.5, 0.6) is 0 Å². The first-order valence-corrected chi connectivity index (χ1v) is 8.06. The molecule has 19 heavy (non-hydrogen) atoms. The lowest BCUT2D eigenvalue weighted by atomic mass is 9.87. The molecule has 0 unspecified atom stereocenters. The summed E-state index contributed by atoms with van der Waals surface area (Å²) in [5, 5.41) is 4.14. The maximum atomic E-state index is 5.51. The van der Waals surface area contributed by atoms with Crippen LogP contribution in [-0.4, -0.2) is 23.1 Å². The van der Waals surface area contributed by atoms with Gasteiger partial charge in [0.25, 0.3) is 0 Å². The second kappa shape index (κ2) is 6.71. The number of halogens is 1. The maximum Gasteiger partial charge on any atom is 0.173 e. The van der Waals surface area contributed by atoms with Gasteiger partial charge in [0.1, 0.15) is 0 Å². The molecule has 0 radical (unpaired) electrons. The summed E-state index contributed by atoms with van der Waals surface area (Å²) in [4.78, 5) is 2.22. The number of hydrogen-bond donors (Lipinski definition) is 1. The van der Waals surface area contributed by atoms with Crippen LogP contribution in [-0.2, 0) is 0 Å². The normalized spacial score (nSPS) is 22.9. The highest BCUT2D eigenvalue weighted by Gasteiger charge is 2.23. The van der Waals surface area contributed by atoms with Gasteiger partial charge < -0.3 is 10.2 Å². The fraction of sp³-hybridized carbons (Fsp3) is 0.533. The topological polar surface area (TPSA) is 15.3 Å². The van der Waals surface area contributed by atoms with Gasteiger partial charge in [-0.25, -0.2) is 0 Å². The van der Waals surface area contributed by atoms with Crippen LogP contribution < -0.4 is 5.32 Å². The molecule has 0 aliphatic heterocycles. The lowest BCUT2D eigenvalue weighted by Gasteiger charge is -2.35. The van der Waals surface area contributed by atoms with Crippen LogP contribution in [0.2, 0.25) is 0 Å². The monoisotopic (exact) mass is 340 g/mol. The minimum absolute atomic E-state index is 0.586. The van der Waals surface area contributed by atoms with Gasteiger partial charge >= 0.3 is 0 Å². The molecule has 1 N–H and O–H groups in total. The van der Waals surface area contributed by atoms with E-state index in [-0.39, 0.29) is 0 Å². The van der Waals surface area contributed by atoms with E-state index in [1.54, 1.807) is 0 Å². The van der Waals surface area contributed by atoms with E-state index in [0.717, 1.165) is 21.2 Å². The van der Waals surface area contributed by atoms with E-state index in [1.165, 1.54) is 25.7 Å². The van der Waals surface area contributed by atoms with E-state index in [2.05, 4.69) is 40.1 Å². The summed E-state index contributed by atoms with van der Waals surface area (Å²) in [6.45, 7) is 2.34. The molecule has 1 aliphatic carbocycles. The molecule has 0 spiro atoms. The number of benzene rings is 1. The third-order valence-corrected chi connectivity index (χ3v) is 4.81. The van der Waals surface area contributed by atoms with Crippen molar-refractivity contribution in [3.63, 3.8) is 0 Å². The van der Waals surface area contributed by atoms with Gasteiger partial charge in [-0.3, -0.25) is 0 Å². The Morgan fingerprint density at radius 3 is 2.63 bits per heavy atom. The van der Waals surface area contributed by atoms with Crippen LogP contribution in [0, 0.1) is 5.92 Å². The third kappa shape index (κ3) is 4.18.